The average Bonchev–Trinajstić information content (AvgIpc) is 3.04. The third-order valence-electron chi connectivity index (χ3n) is 3.47. The third-order valence-corrected chi connectivity index (χ3v) is 5.01. The second-order valence-corrected chi connectivity index (χ2v) is 6.92. The number of aryl methyl sites for hydroxylation is 1. The lowest BCUT2D eigenvalue weighted by atomic mass is 10.1. The minimum atomic E-state index is -0.272. The summed E-state index contributed by atoms with van der Waals surface area (Å²) in [5, 5.41) is 6.80. The molecular formula is C18H14Cl2N2OS. The molecule has 24 heavy (non-hydrogen) atoms. The van der Waals surface area contributed by atoms with Crippen LogP contribution in [0.4, 0.5) is 5.69 Å². The maximum Gasteiger partial charge on any atom is 0.257 e. The van der Waals surface area contributed by atoms with Gasteiger partial charge >= 0.3 is 0 Å². The predicted octanol–water partition coefficient (Wildman–Crippen LogP) is 5.93. The van der Waals surface area contributed by atoms with E-state index in [1.54, 1.807) is 29.5 Å². The monoisotopic (exact) mass is 376 g/mol. The van der Waals surface area contributed by atoms with Crippen LogP contribution >= 0.6 is 34.5 Å². The second kappa shape index (κ2) is 7.34. The molecule has 0 saturated carbocycles. The van der Waals surface area contributed by atoms with E-state index in [4.69, 9.17) is 23.2 Å². The Balaban J connectivity index is 1.75. The Morgan fingerprint density at radius 3 is 2.54 bits per heavy atom. The average molecular weight is 377 g/mol. The highest BCUT2D eigenvalue weighted by atomic mass is 35.5. The number of halogens is 2. The summed E-state index contributed by atoms with van der Waals surface area (Å²) in [6.07, 6.45) is 0.931. The molecule has 0 aliphatic carbocycles. The van der Waals surface area contributed by atoms with Gasteiger partial charge in [0.25, 0.3) is 5.91 Å². The fourth-order valence-corrected chi connectivity index (χ4v) is 3.45. The molecule has 0 saturated heterocycles. The second-order valence-electron chi connectivity index (χ2n) is 5.14. The summed E-state index contributed by atoms with van der Waals surface area (Å²) in [7, 11) is 0. The molecule has 0 atom stereocenters. The standard InChI is InChI=1S/C18H14Cl2N2OS/c1-2-17-22-16(10-24-17)11-3-6-13(7-4-11)21-18(23)14-8-5-12(19)9-15(14)20/h3-10H,2H2,1H3,(H,21,23). The number of thiazole rings is 1. The Morgan fingerprint density at radius 1 is 1.17 bits per heavy atom. The van der Waals surface area contributed by atoms with Gasteiger partial charge in [0.05, 0.1) is 21.3 Å². The van der Waals surface area contributed by atoms with Crippen LogP contribution in [0.5, 0.6) is 0 Å². The molecule has 1 aromatic heterocycles. The van der Waals surface area contributed by atoms with Crippen molar-refractivity contribution in [1.29, 1.82) is 0 Å². The van der Waals surface area contributed by atoms with Crippen molar-refractivity contribution in [3.63, 3.8) is 0 Å². The molecule has 122 valence electrons. The smallest absolute Gasteiger partial charge is 0.257 e. The van der Waals surface area contributed by atoms with Gasteiger partial charge in [-0.1, -0.05) is 42.3 Å². The van der Waals surface area contributed by atoms with E-state index in [1.165, 1.54) is 0 Å². The van der Waals surface area contributed by atoms with Crippen molar-refractivity contribution in [3.8, 4) is 11.3 Å². The van der Waals surface area contributed by atoms with Crippen molar-refractivity contribution in [1.82, 2.24) is 4.98 Å². The molecule has 3 aromatic rings. The van der Waals surface area contributed by atoms with Gasteiger partial charge in [0.2, 0.25) is 0 Å². The number of amides is 1. The van der Waals surface area contributed by atoms with E-state index in [2.05, 4.69) is 17.2 Å². The van der Waals surface area contributed by atoms with E-state index in [-0.39, 0.29) is 5.91 Å². The van der Waals surface area contributed by atoms with Crippen LogP contribution in [0.25, 0.3) is 11.3 Å². The van der Waals surface area contributed by atoms with Crippen LogP contribution in [0.3, 0.4) is 0 Å². The number of anilines is 1. The van der Waals surface area contributed by atoms with Crippen LogP contribution in [-0.2, 0) is 6.42 Å². The number of carbonyl (C=O) groups is 1. The summed E-state index contributed by atoms with van der Waals surface area (Å²) >= 11 is 13.6. The summed E-state index contributed by atoms with van der Waals surface area (Å²) in [6.45, 7) is 2.09. The van der Waals surface area contributed by atoms with Crippen molar-refractivity contribution in [2.45, 2.75) is 13.3 Å². The minimum absolute atomic E-state index is 0.272. The van der Waals surface area contributed by atoms with Crippen LogP contribution in [0, 0.1) is 0 Å². The lowest BCUT2D eigenvalue weighted by Crippen LogP contribution is -2.12. The molecule has 0 aliphatic rings. The fourth-order valence-electron chi connectivity index (χ4n) is 2.20. The number of aromatic nitrogens is 1. The molecule has 0 unspecified atom stereocenters. The first-order chi connectivity index (χ1) is 11.6. The van der Waals surface area contributed by atoms with Crippen LogP contribution in [-0.4, -0.2) is 10.9 Å². The van der Waals surface area contributed by atoms with Crippen molar-refractivity contribution in [2.75, 3.05) is 5.32 Å². The Morgan fingerprint density at radius 2 is 1.92 bits per heavy atom. The van der Waals surface area contributed by atoms with Gasteiger partial charge in [-0.25, -0.2) is 4.98 Å². The Kier molecular flexibility index (Phi) is 5.19. The number of hydrogen-bond donors (Lipinski definition) is 1. The SMILES string of the molecule is CCc1nc(-c2ccc(NC(=O)c3ccc(Cl)cc3Cl)cc2)cs1. The van der Waals surface area contributed by atoms with Crippen LogP contribution in [0.15, 0.2) is 47.8 Å². The summed E-state index contributed by atoms with van der Waals surface area (Å²) in [5.74, 6) is -0.272. The first-order valence-corrected chi connectivity index (χ1v) is 9.01. The van der Waals surface area contributed by atoms with Crippen molar-refractivity contribution >= 4 is 46.1 Å². The van der Waals surface area contributed by atoms with Crippen LogP contribution in [0.1, 0.15) is 22.3 Å². The van der Waals surface area contributed by atoms with Gasteiger partial charge < -0.3 is 5.32 Å². The Bertz CT molecular complexity index is 875. The maximum absolute atomic E-state index is 12.3. The summed E-state index contributed by atoms with van der Waals surface area (Å²) in [6, 6.07) is 12.4. The van der Waals surface area contributed by atoms with Gasteiger partial charge in [-0.15, -0.1) is 11.3 Å². The topological polar surface area (TPSA) is 42.0 Å². The van der Waals surface area contributed by atoms with E-state index < -0.39 is 0 Å². The van der Waals surface area contributed by atoms with Crippen LogP contribution in [0.2, 0.25) is 10.0 Å². The number of benzene rings is 2. The summed E-state index contributed by atoms with van der Waals surface area (Å²) in [5.41, 5.74) is 3.06. The summed E-state index contributed by atoms with van der Waals surface area (Å²) in [4.78, 5) is 16.9. The third kappa shape index (κ3) is 3.78. The van der Waals surface area contributed by atoms with E-state index in [0.29, 0.717) is 21.3 Å². The zero-order valence-corrected chi connectivity index (χ0v) is 15.2. The molecule has 3 nitrogen and oxygen atoms in total. The van der Waals surface area contributed by atoms with E-state index in [9.17, 15) is 4.79 Å². The molecule has 0 spiro atoms. The lowest BCUT2D eigenvalue weighted by molar-refractivity contribution is 0.102. The number of rotatable bonds is 4. The number of nitrogens with zero attached hydrogens (tertiary/aromatic N) is 1. The molecule has 6 heteroatoms. The minimum Gasteiger partial charge on any atom is -0.322 e. The largest absolute Gasteiger partial charge is 0.322 e. The van der Waals surface area contributed by atoms with Crippen molar-refractivity contribution in [2.24, 2.45) is 0 Å². The lowest BCUT2D eigenvalue weighted by Gasteiger charge is -2.07. The molecule has 1 heterocycles. The first kappa shape index (κ1) is 17.0. The normalized spacial score (nSPS) is 10.6. The Hall–Kier alpha value is -1.88. The van der Waals surface area contributed by atoms with Gasteiger partial charge in [-0.3, -0.25) is 4.79 Å². The molecule has 2 aromatic carbocycles. The van der Waals surface area contributed by atoms with Crippen molar-refractivity contribution in [3.05, 3.63) is 68.5 Å². The Labute approximate surface area is 154 Å². The maximum atomic E-state index is 12.3. The molecular weight excluding hydrogens is 363 g/mol. The molecule has 0 bridgehead atoms. The molecule has 0 aliphatic heterocycles. The van der Waals surface area contributed by atoms with Gasteiger partial charge in [-0.2, -0.15) is 0 Å². The van der Waals surface area contributed by atoms with E-state index in [1.807, 2.05) is 29.6 Å². The number of carbonyl (C=O) groups excluding carboxylic acids is 1. The van der Waals surface area contributed by atoms with Gasteiger partial charge in [0.1, 0.15) is 0 Å². The van der Waals surface area contributed by atoms with Crippen LogP contribution < -0.4 is 5.32 Å². The first-order valence-electron chi connectivity index (χ1n) is 7.38. The van der Waals surface area contributed by atoms with Gasteiger partial charge in [0.15, 0.2) is 0 Å². The molecule has 0 fully saturated rings. The van der Waals surface area contributed by atoms with Gasteiger partial charge in [0, 0.05) is 21.7 Å². The van der Waals surface area contributed by atoms with E-state index in [0.717, 1.165) is 22.7 Å². The molecule has 1 N–H and O–H groups in total. The predicted molar refractivity (Wildman–Crippen MR) is 101 cm³/mol. The zero-order chi connectivity index (χ0) is 17.1. The number of nitrogens with one attached hydrogen (secondary N) is 1. The van der Waals surface area contributed by atoms with Crippen molar-refractivity contribution < 1.29 is 4.79 Å². The molecule has 0 radical (unpaired) electrons. The van der Waals surface area contributed by atoms with Gasteiger partial charge in [-0.05, 0) is 36.8 Å². The highest BCUT2D eigenvalue weighted by Gasteiger charge is 2.11. The summed E-state index contributed by atoms with van der Waals surface area (Å²) < 4.78 is 0. The molecule has 1 amide bonds. The van der Waals surface area contributed by atoms with E-state index >= 15 is 0 Å². The highest BCUT2D eigenvalue weighted by Crippen LogP contribution is 2.25. The number of hydrogen-bond acceptors (Lipinski definition) is 3. The highest BCUT2D eigenvalue weighted by molar-refractivity contribution is 7.09. The fraction of sp³-hybridized carbons (Fsp3) is 0.111. The zero-order valence-electron chi connectivity index (χ0n) is 12.8. The quantitative estimate of drug-likeness (QED) is 0.612. The molecule has 3 rings (SSSR count).